The number of amides is 2. The van der Waals surface area contributed by atoms with Crippen LogP contribution in [-0.4, -0.2) is 69.2 Å². The van der Waals surface area contributed by atoms with Crippen LogP contribution in [0.15, 0.2) is 75.9 Å². The van der Waals surface area contributed by atoms with Crippen molar-refractivity contribution in [1.29, 1.82) is 0 Å². The summed E-state index contributed by atoms with van der Waals surface area (Å²) < 4.78 is 13.4. The fourth-order valence-electron chi connectivity index (χ4n) is 14.8. The molecule has 0 aromatic carbocycles. The molecular formula is C51H62N4O7S2. The van der Waals surface area contributed by atoms with Crippen molar-refractivity contribution in [2.75, 3.05) is 24.3 Å². The number of hydrogen-bond donors (Lipinski definition) is 3. The topological polar surface area (TPSA) is 147 Å². The van der Waals surface area contributed by atoms with E-state index < -0.39 is 17.4 Å². The largest absolute Gasteiger partial charge is 0.427 e. The highest BCUT2D eigenvalue weighted by Gasteiger charge is 2.70. The van der Waals surface area contributed by atoms with Gasteiger partial charge >= 0.3 is 11.9 Å². The Labute approximate surface area is 384 Å². The highest BCUT2D eigenvalue weighted by Crippen LogP contribution is 2.73. The molecule has 1 saturated heterocycles. The standard InChI is InChI=1S/C51H62N4O7S2/c1-3-50(19-7-8-20-50)36-13-11-31-23-34-33-17-21-51(44(34)43-41(31)46(36)62-48(43)59)37-14-12-32(29-9-5-4-6-10-29)47(53-25-28(2)56)64-63-27-54-38-24-30(18-22-52-38)35(42(33)45(51)49(60)61-37)26-55-39(57)15-16-40(55)58/h14-16,18,22,24,28-29,31-35,44,47,53,56H,3-13,17,19-21,23,25-27H2,1-2H3,(H,52,54). The van der Waals surface area contributed by atoms with E-state index in [1.54, 1.807) is 27.8 Å². The number of carbonyl (C=O) groups is 4. The zero-order chi connectivity index (χ0) is 43.9. The number of fused-ring (bicyclic) bond motifs is 3. The lowest BCUT2D eigenvalue weighted by Gasteiger charge is -2.58. The quantitative estimate of drug-likeness (QED) is 0.130. The molecule has 1 aromatic rings. The molecule has 3 saturated carbocycles. The number of aliphatic hydroxyl groups is 1. The van der Waals surface area contributed by atoms with Crippen molar-refractivity contribution < 1.29 is 33.8 Å². The molecule has 9 atom stereocenters. The predicted octanol–water partition coefficient (Wildman–Crippen LogP) is 9.01. The van der Waals surface area contributed by atoms with E-state index in [1.807, 2.05) is 19.1 Å². The van der Waals surface area contributed by atoms with Gasteiger partial charge in [0, 0.05) is 54.4 Å². The summed E-state index contributed by atoms with van der Waals surface area (Å²) in [5.41, 5.74) is 4.87. The highest BCUT2D eigenvalue weighted by molar-refractivity contribution is 8.76. The lowest BCUT2D eigenvalue weighted by Crippen LogP contribution is -2.54. The zero-order valence-electron chi connectivity index (χ0n) is 37.2. The Morgan fingerprint density at radius 2 is 1.77 bits per heavy atom. The van der Waals surface area contributed by atoms with Crippen LogP contribution in [0.2, 0.25) is 0 Å². The van der Waals surface area contributed by atoms with Crippen LogP contribution in [0, 0.1) is 46.3 Å². The summed E-state index contributed by atoms with van der Waals surface area (Å²) in [6.45, 7) is 4.67. The van der Waals surface area contributed by atoms with E-state index >= 15 is 4.79 Å². The second-order valence-electron chi connectivity index (χ2n) is 20.5. The van der Waals surface area contributed by atoms with Crippen molar-refractivity contribution in [1.82, 2.24) is 15.2 Å². The van der Waals surface area contributed by atoms with Gasteiger partial charge in [-0.3, -0.25) is 14.5 Å². The minimum absolute atomic E-state index is 0.0112. The van der Waals surface area contributed by atoms with Gasteiger partial charge < -0.3 is 25.2 Å². The molecule has 5 heterocycles. The maximum atomic E-state index is 15.2. The molecule has 340 valence electrons. The van der Waals surface area contributed by atoms with Crippen LogP contribution in [0.4, 0.5) is 5.82 Å². The lowest BCUT2D eigenvalue weighted by molar-refractivity contribution is -0.137. The fraction of sp³-hybridized carbons (Fsp3) is 0.627. The van der Waals surface area contributed by atoms with Gasteiger partial charge in [0.05, 0.1) is 28.3 Å². The number of ether oxygens (including phenoxy) is 2. The van der Waals surface area contributed by atoms with Gasteiger partial charge in [0.2, 0.25) is 0 Å². The summed E-state index contributed by atoms with van der Waals surface area (Å²) in [5.74, 6) is 1.42. The minimum Gasteiger partial charge on any atom is -0.427 e. The summed E-state index contributed by atoms with van der Waals surface area (Å²) in [4.78, 5) is 63.0. The zero-order valence-corrected chi connectivity index (χ0v) is 38.8. The Hall–Kier alpha value is -3.65. The second-order valence-corrected chi connectivity index (χ2v) is 23.1. The Bertz CT molecular complexity index is 2290. The third-order valence-corrected chi connectivity index (χ3v) is 20.1. The molecule has 64 heavy (non-hydrogen) atoms. The molecule has 3 N–H and O–H groups in total. The number of nitrogens with zero attached hydrogens (tertiary/aromatic N) is 2. The molecular weight excluding hydrogens is 845 g/mol. The van der Waals surface area contributed by atoms with Gasteiger partial charge in [0.25, 0.3) is 11.8 Å². The van der Waals surface area contributed by atoms with Gasteiger partial charge in [-0.1, -0.05) is 73.5 Å². The number of allylic oxidation sites excluding steroid dienone is 4. The Morgan fingerprint density at radius 1 is 0.969 bits per heavy atom. The number of esters is 2. The number of pyridine rings is 1. The Kier molecular flexibility index (Phi) is 11.3. The summed E-state index contributed by atoms with van der Waals surface area (Å²) >= 11 is 0. The van der Waals surface area contributed by atoms with E-state index in [-0.39, 0.29) is 70.7 Å². The van der Waals surface area contributed by atoms with Crippen molar-refractivity contribution in [2.45, 2.75) is 134 Å². The van der Waals surface area contributed by atoms with Crippen LogP contribution in [-0.2, 0) is 28.7 Å². The van der Waals surface area contributed by atoms with Gasteiger partial charge in [-0.2, -0.15) is 0 Å². The first-order valence-electron chi connectivity index (χ1n) is 24.4. The molecule has 2 amide bonds. The van der Waals surface area contributed by atoms with Crippen LogP contribution < -0.4 is 10.6 Å². The first kappa shape index (κ1) is 43.0. The maximum absolute atomic E-state index is 15.2. The van der Waals surface area contributed by atoms with Crippen LogP contribution in [0.5, 0.6) is 0 Å². The Morgan fingerprint density at radius 3 is 2.53 bits per heavy atom. The number of rotatable bonds is 8. The number of aromatic nitrogens is 1. The average Bonchev–Trinajstić information content (AvgIpc) is 4.08. The lowest BCUT2D eigenvalue weighted by atomic mass is 9.42. The smallest absolute Gasteiger partial charge is 0.340 e. The molecule has 11 nitrogen and oxygen atoms in total. The van der Waals surface area contributed by atoms with Gasteiger partial charge in [-0.15, -0.1) is 0 Å². The van der Waals surface area contributed by atoms with Gasteiger partial charge in [-0.25, -0.2) is 14.6 Å². The molecule has 9 unspecified atom stereocenters. The molecule has 7 aliphatic carbocycles. The summed E-state index contributed by atoms with van der Waals surface area (Å²) in [6, 6.07) is 3.98. The molecule has 4 aliphatic heterocycles. The normalized spacial score (nSPS) is 35.1. The van der Waals surface area contributed by atoms with Crippen molar-refractivity contribution in [2.24, 2.45) is 46.3 Å². The van der Waals surface area contributed by atoms with E-state index in [0.717, 1.165) is 85.8 Å². The summed E-state index contributed by atoms with van der Waals surface area (Å²) in [5, 5.41) is 17.8. The molecule has 13 heteroatoms. The number of nitrogens with one attached hydrogen (secondary N) is 2. The van der Waals surface area contributed by atoms with E-state index in [2.05, 4.69) is 23.6 Å². The third-order valence-electron chi connectivity index (χ3n) is 17.6. The molecule has 1 aromatic heterocycles. The molecule has 0 radical (unpaired) electrons. The second kappa shape index (κ2) is 16.9. The van der Waals surface area contributed by atoms with Crippen molar-refractivity contribution in [3.63, 3.8) is 0 Å². The number of hydrogen-bond acceptors (Lipinski definition) is 12. The van der Waals surface area contributed by atoms with Gasteiger partial charge in [0.1, 0.15) is 17.3 Å². The van der Waals surface area contributed by atoms with E-state index in [1.165, 1.54) is 54.7 Å². The van der Waals surface area contributed by atoms with E-state index in [4.69, 9.17) is 14.5 Å². The molecule has 7 bridgehead atoms. The first-order chi connectivity index (χ1) is 31.1. The maximum Gasteiger partial charge on any atom is 0.340 e. The predicted molar refractivity (Wildman–Crippen MR) is 247 cm³/mol. The SMILES string of the molecule is CCC1(C2=C3OC(=O)C4=C3C(CC2)CC2C3CCC5(C6=CCC(C7CCCCC7)C(NCC(C)O)SSCNc7cc(ccn7)C(CN7C(=O)C=CC7=O)C3=C5C(=O)O6)C42)CCCC1. The third kappa shape index (κ3) is 6.85. The number of anilines is 1. The molecule has 12 rings (SSSR count). The van der Waals surface area contributed by atoms with E-state index in [9.17, 15) is 19.5 Å². The molecule has 1 spiro atoms. The summed E-state index contributed by atoms with van der Waals surface area (Å²) in [7, 11) is 3.51. The number of aliphatic hydroxyl groups excluding tert-OH is 1. The number of carbonyl (C=O) groups excluding carboxylic acids is 4. The van der Waals surface area contributed by atoms with E-state index in [0.29, 0.717) is 48.3 Å². The highest BCUT2D eigenvalue weighted by atomic mass is 33.1. The average molecular weight is 907 g/mol. The Balaban J connectivity index is 1.13. The summed E-state index contributed by atoms with van der Waals surface area (Å²) in [6.07, 6.45) is 22.6. The van der Waals surface area contributed by atoms with Crippen molar-refractivity contribution in [3.05, 3.63) is 81.5 Å². The van der Waals surface area contributed by atoms with Crippen LogP contribution in [0.1, 0.15) is 128 Å². The minimum atomic E-state index is -0.913. The monoisotopic (exact) mass is 906 g/mol. The van der Waals surface area contributed by atoms with Crippen LogP contribution in [0.25, 0.3) is 0 Å². The van der Waals surface area contributed by atoms with Gasteiger partial charge in [-0.05, 0) is 135 Å². The number of imide groups is 1. The van der Waals surface area contributed by atoms with Crippen LogP contribution >= 0.6 is 21.6 Å². The van der Waals surface area contributed by atoms with Crippen molar-refractivity contribution in [3.8, 4) is 0 Å². The molecule has 11 aliphatic rings. The molecule has 4 fully saturated rings. The van der Waals surface area contributed by atoms with Crippen molar-refractivity contribution >= 4 is 51.2 Å². The van der Waals surface area contributed by atoms with Gasteiger partial charge in [0.15, 0.2) is 0 Å². The fourth-order valence-corrected chi connectivity index (χ4v) is 17.3. The van der Waals surface area contributed by atoms with Crippen LogP contribution in [0.3, 0.4) is 0 Å². The first-order valence-corrected chi connectivity index (χ1v) is 26.8.